The number of carbonyl (C=O) groups is 3. The zero-order valence-corrected chi connectivity index (χ0v) is 21.1. The molecule has 2 aliphatic heterocycles. The highest BCUT2D eigenvalue weighted by atomic mass is 32.2. The third kappa shape index (κ3) is 5.57. The number of rotatable bonds is 7. The molecule has 0 saturated carbocycles. The van der Waals surface area contributed by atoms with E-state index in [0.29, 0.717) is 48.8 Å². The SMILES string of the molecule is COC(=O)C(CC(=O)N1CCC2(CCN(S(=O)(=O)c3cccs3)CC2)C1)NC(=O)c1ccccc1. The van der Waals surface area contributed by atoms with Gasteiger partial charge in [-0.25, -0.2) is 13.2 Å². The van der Waals surface area contributed by atoms with Gasteiger partial charge in [-0.05, 0) is 48.3 Å². The number of sulfonamides is 1. The van der Waals surface area contributed by atoms with Crippen molar-refractivity contribution in [3.63, 3.8) is 0 Å². The first-order valence-electron chi connectivity index (χ1n) is 11.5. The lowest BCUT2D eigenvalue weighted by Gasteiger charge is -2.38. The Bertz CT molecular complexity index is 1160. The topological polar surface area (TPSA) is 113 Å². The normalized spacial score (nSPS) is 18.8. The predicted molar refractivity (Wildman–Crippen MR) is 130 cm³/mol. The minimum absolute atomic E-state index is 0.134. The largest absolute Gasteiger partial charge is 0.467 e. The van der Waals surface area contributed by atoms with Gasteiger partial charge in [-0.2, -0.15) is 4.31 Å². The molecule has 3 heterocycles. The number of nitrogens with one attached hydrogen (secondary N) is 1. The van der Waals surface area contributed by atoms with Crippen LogP contribution in [0.5, 0.6) is 0 Å². The number of benzene rings is 1. The summed E-state index contributed by atoms with van der Waals surface area (Å²) in [6.45, 7) is 1.89. The highest BCUT2D eigenvalue weighted by molar-refractivity contribution is 7.91. The first-order chi connectivity index (χ1) is 16.7. The summed E-state index contributed by atoms with van der Waals surface area (Å²) in [4.78, 5) is 39.6. The van der Waals surface area contributed by atoms with Gasteiger partial charge in [0.05, 0.1) is 13.5 Å². The molecule has 0 radical (unpaired) electrons. The number of thiophene rings is 1. The van der Waals surface area contributed by atoms with Crippen molar-refractivity contribution in [1.82, 2.24) is 14.5 Å². The van der Waals surface area contributed by atoms with Crippen molar-refractivity contribution in [3.8, 4) is 0 Å². The van der Waals surface area contributed by atoms with Crippen LogP contribution in [0.15, 0.2) is 52.1 Å². The van der Waals surface area contributed by atoms with Crippen molar-refractivity contribution in [2.45, 2.75) is 35.9 Å². The van der Waals surface area contributed by atoms with E-state index in [1.807, 2.05) is 0 Å². The third-order valence-electron chi connectivity index (χ3n) is 6.87. The summed E-state index contributed by atoms with van der Waals surface area (Å²) in [5, 5.41) is 4.36. The van der Waals surface area contributed by atoms with Gasteiger partial charge in [0.15, 0.2) is 0 Å². The standard InChI is InChI=1S/C24H29N3O6S2/c1-33-23(30)19(25-22(29)18-6-3-2-4-7-18)16-20(28)26-12-9-24(17-26)10-13-27(14-11-24)35(31,32)21-8-5-15-34-21/h2-8,15,19H,9-14,16-17H2,1H3,(H,25,29). The highest BCUT2D eigenvalue weighted by Crippen LogP contribution is 2.42. The average Bonchev–Trinajstić information content (AvgIpc) is 3.55. The second kappa shape index (κ2) is 10.5. The van der Waals surface area contributed by atoms with Crippen LogP contribution >= 0.6 is 11.3 Å². The summed E-state index contributed by atoms with van der Waals surface area (Å²) in [5.74, 6) is -1.37. The fourth-order valence-electron chi connectivity index (χ4n) is 4.76. The van der Waals surface area contributed by atoms with E-state index >= 15 is 0 Å². The van der Waals surface area contributed by atoms with E-state index in [2.05, 4.69) is 5.32 Å². The number of nitrogens with zero attached hydrogens (tertiary/aromatic N) is 2. The zero-order chi connectivity index (χ0) is 25.1. The number of ether oxygens (including phenoxy) is 1. The molecule has 1 aromatic heterocycles. The molecule has 35 heavy (non-hydrogen) atoms. The Labute approximate surface area is 209 Å². The smallest absolute Gasteiger partial charge is 0.328 e. The van der Waals surface area contributed by atoms with Crippen LogP contribution in [0.2, 0.25) is 0 Å². The number of amides is 2. The highest BCUT2D eigenvalue weighted by Gasteiger charge is 2.44. The van der Waals surface area contributed by atoms with E-state index in [1.165, 1.54) is 22.8 Å². The molecule has 188 valence electrons. The van der Waals surface area contributed by atoms with Crippen molar-refractivity contribution < 1.29 is 27.5 Å². The van der Waals surface area contributed by atoms with E-state index in [9.17, 15) is 22.8 Å². The van der Waals surface area contributed by atoms with Crippen molar-refractivity contribution >= 4 is 39.1 Å². The molecule has 2 aromatic rings. The Balaban J connectivity index is 1.35. The number of esters is 1. The molecule has 2 saturated heterocycles. The van der Waals surface area contributed by atoms with Crippen LogP contribution in [0.3, 0.4) is 0 Å². The molecule has 2 fully saturated rings. The van der Waals surface area contributed by atoms with Crippen LogP contribution in [0.4, 0.5) is 0 Å². The lowest BCUT2D eigenvalue weighted by atomic mass is 9.78. The molecule has 2 aliphatic rings. The zero-order valence-electron chi connectivity index (χ0n) is 19.5. The second-order valence-corrected chi connectivity index (χ2v) is 12.1. The fraction of sp³-hybridized carbons (Fsp3) is 0.458. The molecular weight excluding hydrogens is 490 g/mol. The van der Waals surface area contributed by atoms with Crippen LogP contribution in [-0.4, -0.2) is 74.7 Å². The summed E-state index contributed by atoms with van der Waals surface area (Å²) in [7, 11) is -2.26. The minimum atomic E-state index is -3.48. The van der Waals surface area contributed by atoms with Crippen LogP contribution in [0.25, 0.3) is 0 Å². The van der Waals surface area contributed by atoms with Gasteiger partial charge in [0.2, 0.25) is 5.91 Å². The first kappa shape index (κ1) is 25.3. The summed E-state index contributed by atoms with van der Waals surface area (Å²) >= 11 is 1.21. The molecule has 1 N–H and O–H groups in total. The average molecular weight is 520 g/mol. The van der Waals surface area contributed by atoms with Crippen molar-refractivity contribution in [3.05, 3.63) is 53.4 Å². The Morgan fingerprint density at radius 2 is 1.74 bits per heavy atom. The van der Waals surface area contributed by atoms with Crippen molar-refractivity contribution in [2.24, 2.45) is 5.41 Å². The van der Waals surface area contributed by atoms with Crippen molar-refractivity contribution in [2.75, 3.05) is 33.3 Å². The Kier molecular flexibility index (Phi) is 7.58. The van der Waals surface area contributed by atoms with Gasteiger partial charge in [-0.15, -0.1) is 11.3 Å². The van der Waals surface area contributed by atoms with Crippen LogP contribution in [0, 0.1) is 5.41 Å². The maximum Gasteiger partial charge on any atom is 0.328 e. The third-order valence-corrected chi connectivity index (χ3v) is 10.1. The van der Waals surface area contributed by atoms with Crippen LogP contribution in [0.1, 0.15) is 36.0 Å². The number of piperidine rings is 1. The van der Waals surface area contributed by atoms with Gasteiger partial charge in [-0.3, -0.25) is 9.59 Å². The number of carbonyl (C=O) groups excluding carboxylic acids is 3. The lowest BCUT2D eigenvalue weighted by Crippen LogP contribution is -2.46. The van der Waals surface area contributed by atoms with Gasteiger partial charge in [-0.1, -0.05) is 24.3 Å². The van der Waals surface area contributed by atoms with Gasteiger partial charge < -0.3 is 15.0 Å². The molecule has 0 bridgehead atoms. The second-order valence-electron chi connectivity index (χ2n) is 9.02. The Morgan fingerprint density at radius 3 is 2.37 bits per heavy atom. The number of likely N-dealkylation sites (tertiary alicyclic amines) is 1. The number of hydrogen-bond acceptors (Lipinski definition) is 7. The first-order valence-corrected chi connectivity index (χ1v) is 13.8. The summed E-state index contributed by atoms with van der Waals surface area (Å²) in [6, 6.07) is 10.7. The van der Waals surface area contributed by atoms with Gasteiger partial charge in [0.25, 0.3) is 15.9 Å². The molecule has 2 amide bonds. The van der Waals surface area contributed by atoms with Gasteiger partial charge in [0.1, 0.15) is 10.3 Å². The quantitative estimate of drug-likeness (QED) is 0.561. The number of hydrogen-bond donors (Lipinski definition) is 1. The maximum atomic E-state index is 13.1. The van der Waals surface area contributed by atoms with Crippen LogP contribution in [-0.2, 0) is 24.3 Å². The summed E-state index contributed by atoms with van der Waals surface area (Å²) in [6.07, 6.45) is 1.93. The molecule has 1 atom stereocenters. The van der Waals surface area contributed by atoms with E-state index in [-0.39, 0.29) is 17.7 Å². The molecule has 0 aliphatic carbocycles. The number of methoxy groups -OCH3 is 1. The molecular formula is C24H29N3O6S2. The Hall–Kier alpha value is -2.76. The molecule has 1 spiro atoms. The lowest BCUT2D eigenvalue weighted by molar-refractivity contribution is -0.146. The van der Waals surface area contributed by atoms with Crippen LogP contribution < -0.4 is 5.32 Å². The van der Waals surface area contributed by atoms with Crippen molar-refractivity contribution in [1.29, 1.82) is 0 Å². The van der Waals surface area contributed by atoms with E-state index in [4.69, 9.17) is 4.74 Å². The summed E-state index contributed by atoms with van der Waals surface area (Å²) in [5.41, 5.74) is 0.254. The fourth-order valence-corrected chi connectivity index (χ4v) is 7.35. The molecule has 4 rings (SSSR count). The molecule has 1 aromatic carbocycles. The maximum absolute atomic E-state index is 13.1. The molecule has 9 nitrogen and oxygen atoms in total. The van der Waals surface area contributed by atoms with Gasteiger partial charge in [0, 0.05) is 31.7 Å². The molecule has 1 unspecified atom stereocenters. The van der Waals surface area contributed by atoms with E-state index in [1.54, 1.807) is 52.7 Å². The van der Waals surface area contributed by atoms with E-state index < -0.39 is 27.9 Å². The summed E-state index contributed by atoms with van der Waals surface area (Å²) < 4.78 is 32.3. The van der Waals surface area contributed by atoms with Gasteiger partial charge >= 0.3 is 5.97 Å². The minimum Gasteiger partial charge on any atom is -0.467 e. The van der Waals surface area contributed by atoms with E-state index in [0.717, 1.165) is 6.42 Å². The Morgan fingerprint density at radius 1 is 1.06 bits per heavy atom. The molecule has 11 heteroatoms. The monoisotopic (exact) mass is 519 g/mol. The predicted octanol–water partition coefficient (Wildman–Crippen LogP) is 2.11.